The first kappa shape index (κ1) is 9.20. The molecule has 0 spiro atoms. The van der Waals surface area contributed by atoms with Crippen LogP contribution < -0.4 is 5.19 Å². The van der Waals surface area contributed by atoms with Gasteiger partial charge < -0.3 is 0 Å². The zero-order valence-electron chi connectivity index (χ0n) is 9.27. The van der Waals surface area contributed by atoms with Crippen molar-refractivity contribution < 1.29 is 0 Å². The molecular weight excluding hydrogens is 220 g/mol. The monoisotopic (exact) mass is 230 g/mol. The summed E-state index contributed by atoms with van der Waals surface area (Å²) in [4.78, 5) is 0. The maximum Gasteiger partial charge on any atom is 0.112 e. The van der Waals surface area contributed by atoms with Gasteiger partial charge in [0, 0.05) is 0 Å². The van der Waals surface area contributed by atoms with E-state index in [1.165, 1.54) is 32.3 Å². The lowest BCUT2D eigenvalue weighted by Crippen LogP contribution is -2.10. The van der Waals surface area contributed by atoms with Crippen molar-refractivity contribution in [2.75, 3.05) is 0 Å². The predicted octanol–water partition coefficient (Wildman–Crippen LogP) is 3.31. The first-order valence-corrected chi connectivity index (χ1v) is 6.89. The summed E-state index contributed by atoms with van der Waals surface area (Å²) in [6.07, 6.45) is 2.28. The van der Waals surface area contributed by atoms with Crippen molar-refractivity contribution in [3.8, 4) is 0 Å². The van der Waals surface area contributed by atoms with Crippen LogP contribution in [0.5, 0.6) is 0 Å². The van der Waals surface area contributed by atoms with Crippen LogP contribution in [0.2, 0.25) is 0 Å². The average Bonchev–Trinajstić information content (AvgIpc) is 2.86. The van der Waals surface area contributed by atoms with Gasteiger partial charge in [-0.3, -0.25) is 0 Å². The van der Waals surface area contributed by atoms with E-state index in [0.29, 0.717) is 0 Å². The fourth-order valence-corrected chi connectivity index (χ4v) is 3.61. The lowest BCUT2D eigenvalue weighted by molar-refractivity contribution is 1.77. The molecule has 78 valence electrons. The Hall–Kier alpha value is -1.86. The third kappa shape index (κ3) is 1.23. The van der Waals surface area contributed by atoms with E-state index in [9.17, 15) is 0 Å². The lowest BCUT2D eigenvalue weighted by atomic mass is 9.98. The zero-order chi connectivity index (χ0) is 11.2. The Labute approximate surface area is 102 Å². The van der Waals surface area contributed by atoms with Gasteiger partial charge in [-0.25, -0.2) is 0 Å². The highest BCUT2D eigenvalue weighted by molar-refractivity contribution is 6.63. The molecule has 1 aliphatic heterocycles. The Morgan fingerprint density at radius 2 is 1.59 bits per heavy atom. The highest BCUT2D eigenvalue weighted by atomic mass is 28.2. The molecule has 0 unspecified atom stereocenters. The molecule has 0 atom stereocenters. The third-order valence-electron chi connectivity index (χ3n) is 3.44. The molecule has 0 aliphatic carbocycles. The summed E-state index contributed by atoms with van der Waals surface area (Å²) in [6, 6.07) is 17.6. The normalized spacial score (nSPS) is 13.4. The van der Waals surface area contributed by atoms with Crippen LogP contribution in [0.15, 0.2) is 54.2 Å². The van der Waals surface area contributed by atoms with Gasteiger partial charge in [0.25, 0.3) is 0 Å². The standard InChI is InChI=1S/C16H10Si/c1-2-4-13-11(3-1)5-6-12-7-8-15-14(16(12)13)9-10-17-15/h1-10H. The van der Waals surface area contributed by atoms with Gasteiger partial charge in [-0.1, -0.05) is 65.5 Å². The van der Waals surface area contributed by atoms with E-state index >= 15 is 0 Å². The van der Waals surface area contributed by atoms with Crippen LogP contribution >= 0.6 is 0 Å². The van der Waals surface area contributed by atoms with Gasteiger partial charge in [0.2, 0.25) is 0 Å². The first-order chi connectivity index (χ1) is 8.43. The van der Waals surface area contributed by atoms with Crippen LogP contribution in [0.25, 0.3) is 27.6 Å². The zero-order valence-corrected chi connectivity index (χ0v) is 10.3. The maximum absolute atomic E-state index is 2.28. The first-order valence-electron chi connectivity index (χ1n) is 5.81. The molecule has 0 aromatic heterocycles. The van der Waals surface area contributed by atoms with Gasteiger partial charge in [-0.15, -0.1) is 0 Å². The number of benzene rings is 3. The van der Waals surface area contributed by atoms with E-state index in [2.05, 4.69) is 60.3 Å². The Kier molecular flexibility index (Phi) is 1.79. The molecule has 1 aliphatic rings. The molecule has 0 amide bonds. The molecule has 2 radical (unpaired) electrons. The minimum atomic E-state index is 0.834. The van der Waals surface area contributed by atoms with E-state index in [0.717, 1.165) is 9.52 Å². The van der Waals surface area contributed by atoms with Crippen molar-refractivity contribution in [2.24, 2.45) is 0 Å². The second kappa shape index (κ2) is 3.31. The van der Waals surface area contributed by atoms with Crippen molar-refractivity contribution in [1.82, 2.24) is 0 Å². The summed E-state index contributed by atoms with van der Waals surface area (Å²) in [5.41, 5.74) is 3.71. The second-order valence-corrected chi connectivity index (χ2v) is 5.55. The fourth-order valence-electron chi connectivity index (χ4n) is 2.64. The molecule has 0 nitrogen and oxygen atoms in total. The molecular formula is C16H10Si. The van der Waals surface area contributed by atoms with E-state index in [1.807, 2.05) is 0 Å². The van der Waals surface area contributed by atoms with Crippen molar-refractivity contribution >= 4 is 42.3 Å². The highest BCUT2D eigenvalue weighted by Crippen LogP contribution is 2.29. The Bertz CT molecular complexity index is 769. The van der Waals surface area contributed by atoms with Gasteiger partial charge >= 0.3 is 0 Å². The van der Waals surface area contributed by atoms with E-state index in [1.54, 1.807) is 0 Å². The molecule has 1 heteroatoms. The number of hydrogen-bond acceptors (Lipinski definition) is 0. The minimum absolute atomic E-state index is 0.834. The molecule has 0 saturated heterocycles. The molecule has 0 fully saturated rings. The second-order valence-electron chi connectivity index (χ2n) is 4.39. The summed E-state index contributed by atoms with van der Waals surface area (Å²) >= 11 is 0. The SMILES string of the molecule is C1=Cc2c(ccc3ccc4ccccc4c23)[Si]1. The maximum atomic E-state index is 2.28. The molecule has 0 bridgehead atoms. The van der Waals surface area contributed by atoms with E-state index in [-0.39, 0.29) is 0 Å². The Balaban J connectivity index is 2.31. The van der Waals surface area contributed by atoms with E-state index < -0.39 is 0 Å². The summed E-state index contributed by atoms with van der Waals surface area (Å²) in [5.74, 6) is 0. The van der Waals surface area contributed by atoms with Crippen LogP contribution in [0.4, 0.5) is 0 Å². The molecule has 17 heavy (non-hydrogen) atoms. The van der Waals surface area contributed by atoms with Crippen LogP contribution in [0, 0.1) is 0 Å². The summed E-state index contributed by atoms with van der Waals surface area (Å²) < 4.78 is 0. The summed E-state index contributed by atoms with van der Waals surface area (Å²) in [5, 5.41) is 6.95. The topological polar surface area (TPSA) is 0 Å². The molecule has 0 N–H and O–H groups in total. The van der Waals surface area contributed by atoms with Crippen LogP contribution in [-0.2, 0) is 0 Å². The Morgan fingerprint density at radius 3 is 2.59 bits per heavy atom. The van der Waals surface area contributed by atoms with Crippen LogP contribution in [0.1, 0.15) is 5.56 Å². The Morgan fingerprint density at radius 1 is 0.765 bits per heavy atom. The van der Waals surface area contributed by atoms with Gasteiger partial charge in [0.15, 0.2) is 0 Å². The van der Waals surface area contributed by atoms with Gasteiger partial charge in [0.1, 0.15) is 9.52 Å². The van der Waals surface area contributed by atoms with Crippen molar-refractivity contribution in [1.29, 1.82) is 0 Å². The lowest BCUT2D eigenvalue weighted by Gasteiger charge is -2.08. The highest BCUT2D eigenvalue weighted by Gasteiger charge is 2.11. The molecule has 3 aromatic carbocycles. The molecule has 4 rings (SSSR count). The quantitative estimate of drug-likeness (QED) is 0.410. The predicted molar refractivity (Wildman–Crippen MR) is 75.9 cm³/mol. The molecule has 1 heterocycles. The number of fused-ring (bicyclic) bond motifs is 5. The minimum Gasteiger partial charge on any atom is -0.0927 e. The third-order valence-corrected chi connectivity index (χ3v) is 4.52. The molecule has 3 aromatic rings. The number of rotatable bonds is 0. The smallest absolute Gasteiger partial charge is 0.0927 e. The van der Waals surface area contributed by atoms with Crippen LogP contribution in [0.3, 0.4) is 0 Å². The van der Waals surface area contributed by atoms with Crippen molar-refractivity contribution in [3.05, 3.63) is 59.8 Å². The van der Waals surface area contributed by atoms with Crippen molar-refractivity contribution in [3.63, 3.8) is 0 Å². The van der Waals surface area contributed by atoms with Crippen LogP contribution in [-0.4, -0.2) is 9.52 Å². The largest absolute Gasteiger partial charge is 0.112 e. The fraction of sp³-hybridized carbons (Fsp3) is 0. The average molecular weight is 230 g/mol. The van der Waals surface area contributed by atoms with Gasteiger partial charge in [-0.2, -0.15) is 0 Å². The number of hydrogen-bond donors (Lipinski definition) is 0. The molecule has 0 saturated carbocycles. The van der Waals surface area contributed by atoms with Crippen molar-refractivity contribution in [2.45, 2.75) is 0 Å². The van der Waals surface area contributed by atoms with E-state index in [4.69, 9.17) is 0 Å². The summed E-state index contributed by atoms with van der Waals surface area (Å²) in [6.45, 7) is 0. The van der Waals surface area contributed by atoms with Gasteiger partial charge in [0.05, 0.1) is 0 Å². The summed E-state index contributed by atoms with van der Waals surface area (Å²) in [7, 11) is 0.834. The van der Waals surface area contributed by atoms with Gasteiger partial charge in [-0.05, 0) is 27.1 Å².